The first kappa shape index (κ1) is 16.3. The molecule has 6 nitrogen and oxygen atoms in total. The van der Waals surface area contributed by atoms with Crippen molar-refractivity contribution in [2.45, 2.75) is 32.7 Å². The molecule has 0 unspecified atom stereocenters. The van der Waals surface area contributed by atoms with E-state index in [-0.39, 0.29) is 11.9 Å². The van der Waals surface area contributed by atoms with Crippen LogP contribution in [0, 0.1) is 25.2 Å². The van der Waals surface area contributed by atoms with Gasteiger partial charge in [0, 0.05) is 24.7 Å². The van der Waals surface area contributed by atoms with Crippen molar-refractivity contribution in [1.29, 1.82) is 5.26 Å². The summed E-state index contributed by atoms with van der Waals surface area (Å²) in [5.41, 5.74) is 3.95. The Balaban J connectivity index is 1.68. The number of benzene rings is 1. The maximum atomic E-state index is 12.5. The van der Waals surface area contributed by atoms with Crippen LogP contribution in [-0.4, -0.2) is 46.5 Å². The molecule has 0 bridgehead atoms. The molecule has 2 heterocycles. The largest absolute Gasteiger partial charge is 0.349 e. The molecule has 0 aliphatic carbocycles. The zero-order valence-electron chi connectivity index (χ0n) is 14.0. The quantitative estimate of drug-likeness (QED) is 0.873. The van der Waals surface area contributed by atoms with Gasteiger partial charge in [-0.3, -0.25) is 9.69 Å². The summed E-state index contributed by atoms with van der Waals surface area (Å²) in [5, 5.41) is 11.8. The summed E-state index contributed by atoms with van der Waals surface area (Å²) in [5.74, 6) is -0.0735. The number of nitriles is 1. The maximum Gasteiger partial charge on any atom is 0.251 e. The van der Waals surface area contributed by atoms with E-state index in [1.807, 2.05) is 19.9 Å². The summed E-state index contributed by atoms with van der Waals surface area (Å²) in [7, 11) is 0. The normalized spacial score (nSPS) is 16.0. The molecule has 0 radical (unpaired) electrons. The van der Waals surface area contributed by atoms with E-state index >= 15 is 0 Å². The van der Waals surface area contributed by atoms with Crippen LogP contribution in [0.4, 0.5) is 0 Å². The first-order valence-corrected chi connectivity index (χ1v) is 8.22. The molecular weight excluding hydrogens is 302 g/mol. The van der Waals surface area contributed by atoms with Crippen LogP contribution in [-0.2, 0) is 0 Å². The highest BCUT2D eigenvalue weighted by atomic mass is 16.1. The number of carbonyl (C=O) groups is 1. The van der Waals surface area contributed by atoms with Crippen molar-refractivity contribution in [2.75, 3.05) is 19.6 Å². The molecule has 0 spiro atoms. The number of nitrogens with zero attached hydrogens (tertiary/aromatic N) is 4. The van der Waals surface area contributed by atoms with Crippen molar-refractivity contribution >= 4 is 16.9 Å². The average molecular weight is 323 g/mol. The van der Waals surface area contributed by atoms with Gasteiger partial charge in [0.2, 0.25) is 0 Å². The Morgan fingerprint density at radius 3 is 2.58 bits per heavy atom. The van der Waals surface area contributed by atoms with Crippen LogP contribution < -0.4 is 5.32 Å². The van der Waals surface area contributed by atoms with Gasteiger partial charge in [-0.2, -0.15) is 5.26 Å². The van der Waals surface area contributed by atoms with E-state index in [1.54, 1.807) is 12.1 Å². The molecule has 1 aliphatic rings. The predicted octanol–water partition coefficient (Wildman–Crippen LogP) is 1.96. The van der Waals surface area contributed by atoms with Gasteiger partial charge in [0.15, 0.2) is 0 Å². The molecule has 1 aromatic heterocycles. The number of hydrogen-bond donors (Lipinski definition) is 1. The smallest absolute Gasteiger partial charge is 0.251 e. The lowest BCUT2D eigenvalue weighted by Gasteiger charge is -2.30. The predicted molar refractivity (Wildman–Crippen MR) is 91.6 cm³/mol. The van der Waals surface area contributed by atoms with Gasteiger partial charge in [0.05, 0.1) is 35.0 Å². The van der Waals surface area contributed by atoms with E-state index in [2.05, 4.69) is 26.3 Å². The summed E-state index contributed by atoms with van der Waals surface area (Å²) in [6.45, 7) is 6.01. The number of aryl methyl sites for hydroxylation is 2. The fourth-order valence-corrected chi connectivity index (χ4v) is 2.98. The van der Waals surface area contributed by atoms with Crippen molar-refractivity contribution in [3.8, 4) is 6.07 Å². The van der Waals surface area contributed by atoms with Gasteiger partial charge in [-0.1, -0.05) is 0 Å². The second-order valence-electron chi connectivity index (χ2n) is 6.28. The molecule has 1 saturated heterocycles. The zero-order valence-corrected chi connectivity index (χ0v) is 14.0. The lowest BCUT2D eigenvalue weighted by molar-refractivity contribution is 0.0914. The Morgan fingerprint density at radius 1 is 1.25 bits per heavy atom. The maximum absolute atomic E-state index is 12.5. The Hall–Kier alpha value is -2.52. The number of carbonyl (C=O) groups excluding carboxylic acids is 1. The first-order chi connectivity index (χ1) is 11.6. The highest BCUT2D eigenvalue weighted by Gasteiger charge is 2.21. The number of hydrogen-bond acceptors (Lipinski definition) is 5. The molecule has 2 aromatic rings. The van der Waals surface area contributed by atoms with Gasteiger partial charge >= 0.3 is 0 Å². The minimum Gasteiger partial charge on any atom is -0.349 e. The van der Waals surface area contributed by atoms with Crippen LogP contribution >= 0.6 is 0 Å². The van der Waals surface area contributed by atoms with Gasteiger partial charge in [-0.15, -0.1) is 0 Å². The van der Waals surface area contributed by atoms with Crippen LogP contribution in [0.15, 0.2) is 18.2 Å². The number of piperidine rings is 1. The second kappa shape index (κ2) is 6.93. The average Bonchev–Trinajstić information content (AvgIpc) is 2.57. The minimum atomic E-state index is -0.0735. The Labute approximate surface area is 141 Å². The third kappa shape index (κ3) is 3.52. The fourth-order valence-electron chi connectivity index (χ4n) is 2.98. The van der Waals surface area contributed by atoms with E-state index in [9.17, 15) is 4.79 Å². The topological polar surface area (TPSA) is 81.9 Å². The molecule has 1 N–H and O–H groups in total. The van der Waals surface area contributed by atoms with E-state index in [1.165, 1.54) is 0 Å². The van der Waals surface area contributed by atoms with Gasteiger partial charge in [0.25, 0.3) is 5.91 Å². The Bertz CT molecular complexity index is 803. The second-order valence-corrected chi connectivity index (χ2v) is 6.28. The number of likely N-dealkylation sites (tertiary alicyclic amines) is 1. The van der Waals surface area contributed by atoms with Crippen LogP contribution in [0.5, 0.6) is 0 Å². The number of amides is 1. The van der Waals surface area contributed by atoms with Gasteiger partial charge in [-0.25, -0.2) is 9.97 Å². The molecule has 0 saturated carbocycles. The van der Waals surface area contributed by atoms with Crippen LogP contribution in [0.25, 0.3) is 11.0 Å². The Morgan fingerprint density at radius 2 is 1.92 bits per heavy atom. The summed E-state index contributed by atoms with van der Waals surface area (Å²) in [6, 6.07) is 7.78. The summed E-state index contributed by atoms with van der Waals surface area (Å²) in [6.07, 6.45) is 1.75. The monoisotopic (exact) mass is 323 g/mol. The molecular formula is C18H21N5O. The number of fused-ring (bicyclic) bond motifs is 1. The van der Waals surface area contributed by atoms with Crippen molar-refractivity contribution in [3.05, 3.63) is 35.2 Å². The SMILES string of the molecule is Cc1nc2ccc(C(=O)NC3CCN(CC#N)CC3)cc2nc1C. The van der Waals surface area contributed by atoms with Crippen LogP contribution in [0.1, 0.15) is 34.6 Å². The molecule has 1 aromatic carbocycles. The molecule has 1 amide bonds. The Kier molecular flexibility index (Phi) is 4.72. The van der Waals surface area contributed by atoms with Gasteiger partial charge in [-0.05, 0) is 44.9 Å². The van der Waals surface area contributed by atoms with E-state index in [0.29, 0.717) is 12.1 Å². The first-order valence-electron chi connectivity index (χ1n) is 8.22. The number of aromatic nitrogens is 2. The minimum absolute atomic E-state index is 0.0735. The van der Waals surface area contributed by atoms with Crippen LogP contribution in [0.2, 0.25) is 0 Å². The summed E-state index contributed by atoms with van der Waals surface area (Å²) < 4.78 is 0. The van der Waals surface area contributed by atoms with Crippen molar-refractivity contribution in [2.24, 2.45) is 0 Å². The van der Waals surface area contributed by atoms with E-state index < -0.39 is 0 Å². The molecule has 124 valence electrons. The van der Waals surface area contributed by atoms with Crippen molar-refractivity contribution in [1.82, 2.24) is 20.2 Å². The van der Waals surface area contributed by atoms with E-state index in [0.717, 1.165) is 48.4 Å². The van der Waals surface area contributed by atoms with E-state index in [4.69, 9.17) is 5.26 Å². The molecule has 24 heavy (non-hydrogen) atoms. The molecule has 6 heteroatoms. The number of nitrogens with one attached hydrogen (secondary N) is 1. The highest BCUT2D eigenvalue weighted by molar-refractivity contribution is 5.97. The summed E-state index contributed by atoms with van der Waals surface area (Å²) >= 11 is 0. The third-order valence-electron chi connectivity index (χ3n) is 4.55. The standard InChI is InChI=1S/C18H21N5O/c1-12-13(2)21-17-11-14(3-4-16(17)20-12)18(24)22-15-5-8-23(9-6-15)10-7-19/h3-4,11,15H,5-6,8-10H2,1-2H3,(H,22,24). The lowest BCUT2D eigenvalue weighted by Crippen LogP contribution is -2.44. The molecule has 1 fully saturated rings. The lowest BCUT2D eigenvalue weighted by atomic mass is 10.0. The third-order valence-corrected chi connectivity index (χ3v) is 4.55. The van der Waals surface area contributed by atoms with Crippen molar-refractivity contribution in [3.63, 3.8) is 0 Å². The molecule has 1 aliphatic heterocycles. The van der Waals surface area contributed by atoms with Crippen molar-refractivity contribution < 1.29 is 4.79 Å². The molecule has 0 atom stereocenters. The van der Waals surface area contributed by atoms with Crippen LogP contribution in [0.3, 0.4) is 0 Å². The van der Waals surface area contributed by atoms with Gasteiger partial charge in [0.1, 0.15) is 0 Å². The zero-order chi connectivity index (χ0) is 17.1. The fraction of sp³-hybridized carbons (Fsp3) is 0.444. The van der Waals surface area contributed by atoms with Gasteiger partial charge < -0.3 is 5.32 Å². The highest BCUT2D eigenvalue weighted by Crippen LogP contribution is 2.16. The number of rotatable bonds is 3. The summed E-state index contributed by atoms with van der Waals surface area (Å²) in [4.78, 5) is 23.6. The molecule has 3 rings (SSSR count).